The van der Waals surface area contributed by atoms with Crippen molar-refractivity contribution in [1.82, 2.24) is 5.32 Å². The zero-order chi connectivity index (χ0) is 17.6. The first kappa shape index (κ1) is 17.8. The molecule has 0 aliphatic rings. The third kappa shape index (κ3) is 4.99. The molecule has 4 heteroatoms. The predicted octanol–water partition coefficient (Wildman–Crippen LogP) is 6.64. The SMILES string of the molecule is CC(NCc1cccc(Oc2ccccc2)c1)c1cc(Cl)ccc1Cl. The van der Waals surface area contributed by atoms with Crippen LogP contribution >= 0.6 is 23.2 Å². The second kappa shape index (κ2) is 8.39. The summed E-state index contributed by atoms with van der Waals surface area (Å²) in [6.07, 6.45) is 0. The maximum atomic E-state index is 6.27. The maximum Gasteiger partial charge on any atom is 0.127 e. The van der Waals surface area contributed by atoms with Gasteiger partial charge >= 0.3 is 0 Å². The van der Waals surface area contributed by atoms with E-state index in [1.165, 1.54) is 0 Å². The Kier molecular flexibility index (Phi) is 5.98. The highest BCUT2D eigenvalue weighted by molar-refractivity contribution is 6.33. The molecule has 25 heavy (non-hydrogen) atoms. The first-order valence-electron chi connectivity index (χ1n) is 8.12. The first-order chi connectivity index (χ1) is 12.1. The normalized spacial score (nSPS) is 12.0. The summed E-state index contributed by atoms with van der Waals surface area (Å²) in [5.74, 6) is 1.64. The Balaban J connectivity index is 1.65. The molecule has 0 amide bonds. The van der Waals surface area contributed by atoms with Crippen LogP contribution in [-0.2, 0) is 6.54 Å². The van der Waals surface area contributed by atoms with Crippen LogP contribution in [0.1, 0.15) is 24.1 Å². The molecule has 1 N–H and O–H groups in total. The molecule has 0 saturated carbocycles. The molecular formula is C21H19Cl2NO. The average Bonchev–Trinajstić information content (AvgIpc) is 2.63. The van der Waals surface area contributed by atoms with Crippen LogP contribution in [0.4, 0.5) is 0 Å². The number of hydrogen-bond acceptors (Lipinski definition) is 2. The summed E-state index contributed by atoms with van der Waals surface area (Å²) in [6, 6.07) is 23.4. The maximum absolute atomic E-state index is 6.27. The van der Waals surface area contributed by atoms with Gasteiger partial charge in [0, 0.05) is 22.6 Å². The zero-order valence-corrected chi connectivity index (χ0v) is 15.4. The van der Waals surface area contributed by atoms with Crippen LogP contribution in [0, 0.1) is 0 Å². The molecule has 0 aliphatic heterocycles. The summed E-state index contributed by atoms with van der Waals surface area (Å²) in [5.41, 5.74) is 2.13. The molecule has 1 atom stereocenters. The number of para-hydroxylation sites is 1. The van der Waals surface area contributed by atoms with E-state index in [0.29, 0.717) is 16.6 Å². The molecule has 1 unspecified atom stereocenters. The molecule has 0 aromatic heterocycles. The van der Waals surface area contributed by atoms with Gasteiger partial charge < -0.3 is 10.1 Å². The zero-order valence-electron chi connectivity index (χ0n) is 13.9. The van der Waals surface area contributed by atoms with Crippen molar-refractivity contribution in [1.29, 1.82) is 0 Å². The summed E-state index contributed by atoms with van der Waals surface area (Å²) in [5, 5.41) is 4.88. The fourth-order valence-corrected chi connectivity index (χ4v) is 3.03. The Morgan fingerprint density at radius 1 is 0.880 bits per heavy atom. The Labute approximate surface area is 158 Å². The molecule has 3 aromatic carbocycles. The molecule has 2 nitrogen and oxygen atoms in total. The molecule has 0 spiro atoms. The lowest BCUT2D eigenvalue weighted by molar-refractivity contribution is 0.481. The number of ether oxygens (including phenoxy) is 1. The third-order valence-corrected chi connectivity index (χ3v) is 4.49. The van der Waals surface area contributed by atoms with Gasteiger partial charge in [-0.1, -0.05) is 53.5 Å². The van der Waals surface area contributed by atoms with Gasteiger partial charge in [0.2, 0.25) is 0 Å². The second-order valence-corrected chi connectivity index (χ2v) is 6.67. The number of rotatable bonds is 6. The Morgan fingerprint density at radius 3 is 2.44 bits per heavy atom. The van der Waals surface area contributed by atoms with Crippen LogP contribution in [0.25, 0.3) is 0 Å². The summed E-state index contributed by atoms with van der Waals surface area (Å²) >= 11 is 12.3. The monoisotopic (exact) mass is 371 g/mol. The molecule has 0 bridgehead atoms. The molecule has 0 fully saturated rings. The molecule has 0 heterocycles. The van der Waals surface area contributed by atoms with Crippen molar-refractivity contribution in [3.63, 3.8) is 0 Å². The van der Waals surface area contributed by atoms with Crippen LogP contribution in [0.15, 0.2) is 72.8 Å². The quantitative estimate of drug-likeness (QED) is 0.524. The highest BCUT2D eigenvalue weighted by Gasteiger charge is 2.10. The third-order valence-electron chi connectivity index (χ3n) is 3.91. The fourth-order valence-electron chi connectivity index (χ4n) is 2.57. The van der Waals surface area contributed by atoms with E-state index in [1.807, 2.05) is 60.7 Å². The molecule has 3 aromatic rings. The molecular weight excluding hydrogens is 353 g/mol. The van der Waals surface area contributed by atoms with Gasteiger partial charge in [-0.05, 0) is 60.5 Å². The van der Waals surface area contributed by atoms with Crippen molar-refractivity contribution < 1.29 is 4.74 Å². The van der Waals surface area contributed by atoms with E-state index in [0.717, 1.165) is 22.6 Å². The number of halogens is 2. The lowest BCUT2D eigenvalue weighted by atomic mass is 10.1. The first-order valence-corrected chi connectivity index (χ1v) is 8.87. The lowest BCUT2D eigenvalue weighted by Crippen LogP contribution is -2.18. The summed E-state index contributed by atoms with van der Waals surface area (Å²) in [7, 11) is 0. The molecule has 3 rings (SSSR count). The summed E-state index contributed by atoms with van der Waals surface area (Å²) < 4.78 is 5.88. The van der Waals surface area contributed by atoms with Gasteiger partial charge in [0.15, 0.2) is 0 Å². The standard InChI is InChI=1S/C21H19Cl2NO/c1-15(20-13-17(22)10-11-21(20)23)24-14-16-6-5-9-19(12-16)25-18-7-3-2-4-8-18/h2-13,15,24H,14H2,1H3. The molecule has 0 aliphatic carbocycles. The van der Waals surface area contributed by atoms with Gasteiger partial charge in [-0.3, -0.25) is 0 Å². The van der Waals surface area contributed by atoms with Crippen molar-refractivity contribution in [2.45, 2.75) is 19.5 Å². The fraction of sp³-hybridized carbons (Fsp3) is 0.143. The number of nitrogens with one attached hydrogen (secondary N) is 1. The van der Waals surface area contributed by atoms with E-state index in [2.05, 4.69) is 18.3 Å². The summed E-state index contributed by atoms with van der Waals surface area (Å²) in [6.45, 7) is 2.78. The van der Waals surface area contributed by atoms with Gasteiger partial charge in [0.25, 0.3) is 0 Å². The summed E-state index contributed by atoms with van der Waals surface area (Å²) in [4.78, 5) is 0. The van der Waals surface area contributed by atoms with Gasteiger partial charge in [-0.25, -0.2) is 0 Å². The topological polar surface area (TPSA) is 21.3 Å². The van der Waals surface area contributed by atoms with E-state index >= 15 is 0 Å². The van der Waals surface area contributed by atoms with Gasteiger partial charge in [-0.2, -0.15) is 0 Å². The Morgan fingerprint density at radius 2 is 1.64 bits per heavy atom. The van der Waals surface area contributed by atoms with E-state index in [1.54, 1.807) is 6.07 Å². The average molecular weight is 372 g/mol. The van der Waals surface area contributed by atoms with Gasteiger partial charge in [0.05, 0.1) is 0 Å². The van der Waals surface area contributed by atoms with Crippen LogP contribution in [0.3, 0.4) is 0 Å². The van der Waals surface area contributed by atoms with Crippen molar-refractivity contribution in [2.75, 3.05) is 0 Å². The minimum Gasteiger partial charge on any atom is -0.457 e. The van der Waals surface area contributed by atoms with E-state index in [4.69, 9.17) is 27.9 Å². The Bertz CT molecular complexity index is 836. The van der Waals surface area contributed by atoms with E-state index in [9.17, 15) is 0 Å². The Hall–Kier alpha value is -2.00. The predicted molar refractivity (Wildman–Crippen MR) is 105 cm³/mol. The minimum atomic E-state index is 0.0879. The lowest BCUT2D eigenvalue weighted by Gasteiger charge is -2.16. The molecule has 0 saturated heterocycles. The smallest absolute Gasteiger partial charge is 0.127 e. The minimum absolute atomic E-state index is 0.0879. The van der Waals surface area contributed by atoms with Crippen molar-refractivity contribution in [3.8, 4) is 11.5 Å². The van der Waals surface area contributed by atoms with Crippen molar-refractivity contribution >= 4 is 23.2 Å². The molecule has 0 radical (unpaired) electrons. The van der Waals surface area contributed by atoms with Crippen LogP contribution in [0.5, 0.6) is 11.5 Å². The van der Waals surface area contributed by atoms with Crippen LogP contribution < -0.4 is 10.1 Å². The highest BCUT2D eigenvalue weighted by atomic mass is 35.5. The van der Waals surface area contributed by atoms with Gasteiger partial charge in [0.1, 0.15) is 11.5 Å². The van der Waals surface area contributed by atoms with E-state index < -0.39 is 0 Å². The number of benzene rings is 3. The van der Waals surface area contributed by atoms with Crippen molar-refractivity contribution in [3.05, 3.63) is 94.0 Å². The second-order valence-electron chi connectivity index (χ2n) is 5.83. The van der Waals surface area contributed by atoms with Crippen LogP contribution in [0.2, 0.25) is 10.0 Å². The highest BCUT2D eigenvalue weighted by Crippen LogP contribution is 2.27. The molecule has 128 valence electrons. The van der Waals surface area contributed by atoms with E-state index in [-0.39, 0.29) is 6.04 Å². The van der Waals surface area contributed by atoms with Crippen LogP contribution in [-0.4, -0.2) is 0 Å². The number of hydrogen-bond donors (Lipinski definition) is 1. The largest absolute Gasteiger partial charge is 0.457 e. The van der Waals surface area contributed by atoms with Crippen molar-refractivity contribution in [2.24, 2.45) is 0 Å². The van der Waals surface area contributed by atoms with Gasteiger partial charge in [-0.15, -0.1) is 0 Å².